The lowest BCUT2D eigenvalue weighted by Crippen LogP contribution is -1.95. The molecule has 0 aliphatic carbocycles. The molecule has 1 aromatic heterocycles. The topological polar surface area (TPSA) is 4.93 Å². The number of aromatic nitrogens is 1. The van der Waals surface area contributed by atoms with Crippen molar-refractivity contribution < 1.29 is 0 Å². The van der Waals surface area contributed by atoms with Crippen LogP contribution in [0, 0.1) is 0 Å². The number of hydrogen-bond donors (Lipinski definition) is 0. The number of benzene rings is 1. The van der Waals surface area contributed by atoms with Gasteiger partial charge in [0.25, 0.3) is 0 Å². The molecule has 0 saturated carbocycles. The summed E-state index contributed by atoms with van der Waals surface area (Å²) in [7, 11) is 0. The molecule has 0 bridgehead atoms. The molecule has 0 unspecified atom stereocenters. The highest BCUT2D eigenvalue weighted by Crippen LogP contribution is 2.21. The lowest BCUT2D eigenvalue weighted by atomic mass is 10.2. The molecule has 0 spiro atoms. The van der Waals surface area contributed by atoms with Gasteiger partial charge in [0.1, 0.15) is 0 Å². The lowest BCUT2D eigenvalue weighted by Gasteiger charge is -2.03. The van der Waals surface area contributed by atoms with Crippen LogP contribution in [-0.2, 0) is 6.54 Å². The number of hydrogen-bond acceptors (Lipinski definition) is 0. The second-order valence-corrected chi connectivity index (χ2v) is 4.96. The van der Waals surface area contributed by atoms with Crippen LogP contribution in [0.25, 0.3) is 10.9 Å². The van der Waals surface area contributed by atoms with Gasteiger partial charge in [-0.3, -0.25) is 0 Å². The molecule has 0 saturated heterocycles. The molecule has 1 aromatic carbocycles. The molecule has 0 aliphatic rings. The molecule has 0 amide bonds. The molecule has 14 heavy (non-hydrogen) atoms. The molecule has 1 nitrogen and oxygen atoms in total. The fraction of sp³-hybridized carbons (Fsp3) is 0.273. The molecule has 0 N–H and O–H groups in total. The van der Waals surface area contributed by atoms with Gasteiger partial charge in [0.2, 0.25) is 0 Å². The molecule has 1 heterocycles. The van der Waals surface area contributed by atoms with Gasteiger partial charge < -0.3 is 4.57 Å². The summed E-state index contributed by atoms with van der Waals surface area (Å²) in [6.45, 7) is 1.07. The van der Waals surface area contributed by atoms with Gasteiger partial charge in [-0.1, -0.05) is 37.9 Å². The van der Waals surface area contributed by atoms with E-state index in [2.05, 4.69) is 66.9 Å². The van der Waals surface area contributed by atoms with Gasteiger partial charge in [0.15, 0.2) is 0 Å². The van der Waals surface area contributed by atoms with Crippen LogP contribution >= 0.6 is 31.9 Å². The van der Waals surface area contributed by atoms with Gasteiger partial charge in [-0.05, 0) is 30.0 Å². The summed E-state index contributed by atoms with van der Waals surface area (Å²) >= 11 is 6.95. The maximum atomic E-state index is 3.50. The summed E-state index contributed by atoms with van der Waals surface area (Å²) in [5, 5.41) is 2.36. The Bertz CT molecular complexity index is 434. The second-order valence-electron chi connectivity index (χ2n) is 3.25. The number of alkyl halides is 1. The molecule has 3 heteroatoms. The molecule has 74 valence electrons. The Morgan fingerprint density at radius 2 is 2.07 bits per heavy atom. The van der Waals surface area contributed by atoms with E-state index in [1.165, 1.54) is 10.9 Å². The van der Waals surface area contributed by atoms with Crippen molar-refractivity contribution in [1.29, 1.82) is 0 Å². The lowest BCUT2D eigenvalue weighted by molar-refractivity contribution is 0.711. The van der Waals surface area contributed by atoms with E-state index in [0.29, 0.717) is 0 Å². The van der Waals surface area contributed by atoms with E-state index >= 15 is 0 Å². The number of rotatable bonds is 3. The van der Waals surface area contributed by atoms with Gasteiger partial charge in [-0.25, -0.2) is 0 Å². The smallest absolute Gasteiger partial charge is 0.0491 e. The molecular weight excluding hydrogens is 306 g/mol. The van der Waals surface area contributed by atoms with Gasteiger partial charge in [0, 0.05) is 28.1 Å². The Hall–Kier alpha value is -0.280. The van der Waals surface area contributed by atoms with Crippen molar-refractivity contribution in [2.75, 3.05) is 5.33 Å². The van der Waals surface area contributed by atoms with Crippen LogP contribution in [0.1, 0.15) is 6.42 Å². The van der Waals surface area contributed by atoms with Crippen molar-refractivity contribution in [1.82, 2.24) is 4.57 Å². The summed E-state index contributed by atoms with van der Waals surface area (Å²) in [5.74, 6) is 0. The summed E-state index contributed by atoms with van der Waals surface area (Å²) in [5.41, 5.74) is 1.31. The van der Waals surface area contributed by atoms with Crippen LogP contribution < -0.4 is 0 Å². The van der Waals surface area contributed by atoms with E-state index in [9.17, 15) is 0 Å². The van der Waals surface area contributed by atoms with E-state index in [4.69, 9.17) is 0 Å². The molecular formula is C11H11Br2N. The second kappa shape index (κ2) is 4.49. The summed E-state index contributed by atoms with van der Waals surface area (Å²) in [6, 6.07) is 8.56. The fourth-order valence-corrected chi connectivity index (χ4v) is 2.18. The quantitative estimate of drug-likeness (QED) is 0.748. The van der Waals surface area contributed by atoms with Crippen molar-refractivity contribution in [2.45, 2.75) is 13.0 Å². The Labute approximate surface area is 100 Å². The highest BCUT2D eigenvalue weighted by atomic mass is 79.9. The maximum absolute atomic E-state index is 3.50. The zero-order valence-corrected chi connectivity index (χ0v) is 10.9. The highest BCUT2D eigenvalue weighted by Gasteiger charge is 2.00. The average Bonchev–Trinajstić information content (AvgIpc) is 2.57. The van der Waals surface area contributed by atoms with Crippen LogP contribution in [0.15, 0.2) is 34.9 Å². The molecule has 0 aliphatic heterocycles. The van der Waals surface area contributed by atoms with Crippen molar-refractivity contribution in [2.24, 2.45) is 0 Å². The fourth-order valence-electron chi connectivity index (χ4n) is 1.58. The van der Waals surface area contributed by atoms with Gasteiger partial charge >= 0.3 is 0 Å². The van der Waals surface area contributed by atoms with Gasteiger partial charge in [-0.15, -0.1) is 0 Å². The van der Waals surface area contributed by atoms with Crippen LogP contribution in [0.4, 0.5) is 0 Å². The Kier molecular flexibility index (Phi) is 3.29. The van der Waals surface area contributed by atoms with E-state index in [1.54, 1.807) is 0 Å². The van der Waals surface area contributed by atoms with Crippen LogP contribution in [-0.4, -0.2) is 9.90 Å². The summed E-state index contributed by atoms with van der Waals surface area (Å²) < 4.78 is 3.44. The number of nitrogens with zero attached hydrogens (tertiary/aromatic N) is 1. The van der Waals surface area contributed by atoms with Crippen molar-refractivity contribution >= 4 is 42.8 Å². The van der Waals surface area contributed by atoms with Crippen LogP contribution in [0.5, 0.6) is 0 Å². The first-order chi connectivity index (χ1) is 6.81. The summed E-state index contributed by atoms with van der Waals surface area (Å²) in [4.78, 5) is 0. The van der Waals surface area contributed by atoms with E-state index in [-0.39, 0.29) is 0 Å². The molecule has 2 aromatic rings. The Morgan fingerprint density at radius 1 is 1.21 bits per heavy atom. The number of aryl methyl sites for hydroxylation is 1. The van der Waals surface area contributed by atoms with E-state index < -0.39 is 0 Å². The first-order valence-corrected chi connectivity index (χ1v) is 6.53. The third kappa shape index (κ3) is 2.04. The monoisotopic (exact) mass is 315 g/mol. The normalized spacial score (nSPS) is 11.0. The molecule has 0 atom stereocenters. The minimum absolute atomic E-state index is 1.06. The van der Waals surface area contributed by atoms with Crippen molar-refractivity contribution in [3.05, 3.63) is 34.9 Å². The van der Waals surface area contributed by atoms with E-state index in [0.717, 1.165) is 22.8 Å². The standard InChI is InChI=1S/C11H11Br2N/c12-5-1-6-14-7-4-9-2-3-10(13)8-11(9)14/h2-4,7-8H,1,5-6H2. The third-order valence-electron chi connectivity index (χ3n) is 2.27. The zero-order valence-electron chi connectivity index (χ0n) is 7.71. The molecule has 2 rings (SSSR count). The van der Waals surface area contributed by atoms with E-state index in [1.807, 2.05) is 0 Å². The average molecular weight is 317 g/mol. The Balaban J connectivity index is 2.40. The zero-order chi connectivity index (χ0) is 9.97. The molecule has 0 radical (unpaired) electrons. The van der Waals surface area contributed by atoms with Crippen molar-refractivity contribution in [3.63, 3.8) is 0 Å². The van der Waals surface area contributed by atoms with Crippen molar-refractivity contribution in [3.8, 4) is 0 Å². The SMILES string of the molecule is BrCCCn1ccc2ccc(Br)cc21. The molecule has 0 fully saturated rings. The minimum Gasteiger partial charge on any atom is -0.347 e. The number of fused-ring (bicyclic) bond motifs is 1. The highest BCUT2D eigenvalue weighted by molar-refractivity contribution is 9.10. The van der Waals surface area contributed by atoms with Crippen LogP contribution in [0.2, 0.25) is 0 Å². The van der Waals surface area contributed by atoms with Gasteiger partial charge in [0.05, 0.1) is 0 Å². The largest absolute Gasteiger partial charge is 0.347 e. The third-order valence-corrected chi connectivity index (χ3v) is 3.32. The first kappa shape index (κ1) is 10.2. The minimum atomic E-state index is 1.06. The Morgan fingerprint density at radius 3 is 2.86 bits per heavy atom. The maximum Gasteiger partial charge on any atom is 0.0491 e. The van der Waals surface area contributed by atoms with Gasteiger partial charge in [-0.2, -0.15) is 0 Å². The predicted octanol–water partition coefficient (Wildman–Crippen LogP) is 4.19. The predicted molar refractivity (Wildman–Crippen MR) is 68.0 cm³/mol. The summed E-state index contributed by atoms with van der Waals surface area (Å²) in [6.07, 6.45) is 3.32. The van der Waals surface area contributed by atoms with Crippen LogP contribution in [0.3, 0.4) is 0 Å². The first-order valence-electron chi connectivity index (χ1n) is 4.61. The number of halogens is 2.